The first kappa shape index (κ1) is 28.8. The highest BCUT2D eigenvalue weighted by Gasteiger charge is 2.31. The highest BCUT2D eigenvalue weighted by Crippen LogP contribution is 2.37. The minimum atomic E-state index is 0.0939. The molecule has 1 unspecified atom stereocenters. The van der Waals surface area contributed by atoms with Crippen LogP contribution < -0.4 is 14.5 Å². The van der Waals surface area contributed by atoms with Gasteiger partial charge in [-0.1, -0.05) is 94.0 Å². The third-order valence-corrected chi connectivity index (χ3v) is 7.64. The van der Waals surface area contributed by atoms with Crippen molar-refractivity contribution < 1.29 is 9.47 Å². The van der Waals surface area contributed by atoms with Crippen LogP contribution in [0, 0.1) is 5.92 Å². The number of hydrogen-bond acceptors (Lipinski definition) is 4. The molecule has 0 N–H and O–H groups in total. The van der Waals surface area contributed by atoms with Crippen LogP contribution in [0.25, 0.3) is 0 Å². The average molecular weight is 548 g/mol. The second-order valence-corrected chi connectivity index (χ2v) is 11.0. The van der Waals surface area contributed by atoms with Gasteiger partial charge in [0.15, 0.2) is 6.73 Å². The number of nitrogens with zero attached hydrogens (tertiary/aromatic N) is 2. The molecule has 4 nitrogen and oxygen atoms in total. The van der Waals surface area contributed by atoms with Gasteiger partial charge in [-0.3, -0.25) is 0 Å². The average Bonchev–Trinajstić information content (AvgIpc) is 3.01. The highest BCUT2D eigenvalue weighted by atomic mass is 16.5. The van der Waals surface area contributed by atoms with E-state index in [1.54, 1.807) is 0 Å². The lowest BCUT2D eigenvalue weighted by molar-refractivity contribution is 0.0793. The number of fused-ring (bicyclic) bond motifs is 2. The fraction of sp³-hybridized carbons (Fsp3) is 0.324. The molecule has 3 aromatic carbocycles. The van der Waals surface area contributed by atoms with E-state index in [2.05, 4.69) is 122 Å². The highest BCUT2D eigenvalue weighted by molar-refractivity contribution is 5.55. The van der Waals surface area contributed by atoms with E-state index in [1.165, 1.54) is 51.6 Å². The van der Waals surface area contributed by atoms with Crippen LogP contribution in [-0.4, -0.2) is 26.1 Å². The van der Waals surface area contributed by atoms with Crippen molar-refractivity contribution in [1.29, 1.82) is 0 Å². The van der Waals surface area contributed by atoms with Crippen LogP contribution in [0.3, 0.4) is 0 Å². The van der Waals surface area contributed by atoms with Gasteiger partial charge in [0.1, 0.15) is 18.6 Å². The molecular weight excluding hydrogens is 504 g/mol. The summed E-state index contributed by atoms with van der Waals surface area (Å²) in [6.07, 6.45) is 10.7. The molecule has 0 amide bonds. The van der Waals surface area contributed by atoms with Crippen LogP contribution in [0.4, 0.5) is 11.4 Å². The topological polar surface area (TPSA) is 24.9 Å². The first-order chi connectivity index (χ1) is 20.1. The third-order valence-electron chi connectivity index (χ3n) is 7.64. The van der Waals surface area contributed by atoms with Crippen molar-refractivity contribution in [1.82, 2.24) is 0 Å². The molecule has 0 bridgehead atoms. The van der Waals surface area contributed by atoms with Crippen LogP contribution in [0.5, 0.6) is 5.75 Å². The maximum atomic E-state index is 6.37. The summed E-state index contributed by atoms with van der Waals surface area (Å²) in [5.41, 5.74) is 8.87. The van der Waals surface area contributed by atoms with Crippen LogP contribution >= 0.6 is 0 Å². The Kier molecular flexibility index (Phi) is 9.63. The van der Waals surface area contributed by atoms with Gasteiger partial charge in [0.05, 0.1) is 0 Å². The van der Waals surface area contributed by atoms with Crippen LogP contribution in [0.2, 0.25) is 0 Å². The molecule has 1 aliphatic carbocycles. The summed E-state index contributed by atoms with van der Waals surface area (Å²) in [5.74, 6) is 2.37. The van der Waals surface area contributed by atoms with Crippen molar-refractivity contribution in [3.05, 3.63) is 131 Å². The van der Waals surface area contributed by atoms with Crippen molar-refractivity contribution in [2.75, 3.05) is 29.8 Å². The van der Waals surface area contributed by atoms with Crippen LogP contribution in [0.15, 0.2) is 109 Å². The maximum Gasteiger partial charge on any atom is 0.161 e. The number of allylic oxidation sites excluding steroid dienone is 3. The second kappa shape index (κ2) is 13.7. The Morgan fingerprint density at radius 1 is 0.854 bits per heavy atom. The zero-order chi connectivity index (χ0) is 28.6. The van der Waals surface area contributed by atoms with Gasteiger partial charge in [0, 0.05) is 35.9 Å². The second-order valence-electron chi connectivity index (χ2n) is 11.0. The number of ether oxygens (including phenoxy) is 2. The van der Waals surface area contributed by atoms with E-state index < -0.39 is 0 Å². The lowest BCUT2D eigenvalue weighted by atomic mass is 9.83. The molecule has 213 valence electrons. The monoisotopic (exact) mass is 547 g/mol. The fourth-order valence-corrected chi connectivity index (χ4v) is 5.85. The molecule has 6 rings (SSSR count). The molecule has 0 aromatic heterocycles. The molecular formula is C37H43N2O2. The summed E-state index contributed by atoms with van der Waals surface area (Å²) in [4.78, 5) is 4.60. The minimum absolute atomic E-state index is 0.0939. The maximum absolute atomic E-state index is 6.37. The Morgan fingerprint density at radius 2 is 1.51 bits per heavy atom. The van der Waals surface area contributed by atoms with E-state index in [0.717, 1.165) is 38.1 Å². The number of anilines is 2. The van der Waals surface area contributed by atoms with Gasteiger partial charge in [-0.25, -0.2) is 0 Å². The molecule has 3 aromatic rings. The van der Waals surface area contributed by atoms with Gasteiger partial charge in [0.25, 0.3) is 0 Å². The summed E-state index contributed by atoms with van der Waals surface area (Å²) in [7, 11) is 0. The predicted octanol–water partition coefficient (Wildman–Crippen LogP) is 8.44. The van der Waals surface area contributed by atoms with E-state index in [4.69, 9.17) is 9.47 Å². The van der Waals surface area contributed by atoms with E-state index >= 15 is 0 Å². The Balaban J connectivity index is 0.00000108. The Labute approximate surface area is 246 Å². The quantitative estimate of drug-likeness (QED) is 0.277. The molecule has 1 fully saturated rings. The van der Waals surface area contributed by atoms with Crippen molar-refractivity contribution in [2.24, 2.45) is 0 Å². The van der Waals surface area contributed by atoms with Crippen molar-refractivity contribution in [2.45, 2.75) is 59.1 Å². The molecule has 0 saturated carbocycles. The summed E-state index contributed by atoms with van der Waals surface area (Å²) in [5, 5.41) is 0. The number of benzene rings is 3. The first-order valence-corrected chi connectivity index (χ1v) is 15.0. The van der Waals surface area contributed by atoms with Crippen molar-refractivity contribution >= 4 is 11.4 Å². The standard InChI is InChI=1S/C34H35N2O2.C3H8/c1-3-11-28-18-26(20-30-22-36(24-38-34(28)30)32-14-9-6-10-15-32)16-25-17-27(4-2)33-29(19-25)21-35(23-37-33)31-12-7-5-8-13-31;1-3-2/h3,5-10,12-15,17-20,33H,1,4,11,16,21-24H2,2H3;3H2,1-2H3. The van der Waals surface area contributed by atoms with E-state index in [1.807, 2.05) is 6.08 Å². The Bertz CT molecular complexity index is 1360. The van der Waals surface area contributed by atoms with Crippen LogP contribution in [0.1, 0.15) is 50.3 Å². The van der Waals surface area contributed by atoms with E-state index in [0.29, 0.717) is 13.5 Å². The third kappa shape index (κ3) is 6.77. The van der Waals surface area contributed by atoms with Gasteiger partial charge in [-0.2, -0.15) is 0 Å². The zero-order valence-electron chi connectivity index (χ0n) is 24.8. The largest absolute Gasteiger partial charge is 0.472 e. The number of rotatable bonds is 7. The first-order valence-electron chi connectivity index (χ1n) is 15.0. The molecule has 1 radical (unpaired) electrons. The molecule has 2 heterocycles. The van der Waals surface area contributed by atoms with Crippen molar-refractivity contribution in [3.8, 4) is 5.75 Å². The Hall–Kier alpha value is -3.76. The molecule has 0 spiro atoms. The van der Waals surface area contributed by atoms with Crippen molar-refractivity contribution in [3.63, 3.8) is 0 Å². The molecule has 2 aliphatic heterocycles. The summed E-state index contributed by atoms with van der Waals surface area (Å²) in [6, 6.07) is 25.7. The summed E-state index contributed by atoms with van der Waals surface area (Å²) in [6.45, 7) is 13.4. The number of para-hydroxylation sites is 2. The summed E-state index contributed by atoms with van der Waals surface area (Å²) < 4.78 is 12.7. The molecule has 1 atom stereocenters. The molecule has 41 heavy (non-hydrogen) atoms. The van der Waals surface area contributed by atoms with Gasteiger partial charge < -0.3 is 19.3 Å². The van der Waals surface area contributed by atoms with E-state index in [-0.39, 0.29) is 6.10 Å². The van der Waals surface area contributed by atoms with Gasteiger partial charge >= 0.3 is 0 Å². The fourth-order valence-electron chi connectivity index (χ4n) is 5.85. The zero-order valence-corrected chi connectivity index (χ0v) is 24.8. The lowest BCUT2D eigenvalue weighted by Gasteiger charge is -2.39. The predicted molar refractivity (Wildman–Crippen MR) is 171 cm³/mol. The lowest BCUT2D eigenvalue weighted by Crippen LogP contribution is -2.42. The molecule has 3 aliphatic rings. The summed E-state index contributed by atoms with van der Waals surface area (Å²) >= 11 is 0. The van der Waals surface area contributed by atoms with E-state index in [9.17, 15) is 0 Å². The SMILES string of the molecule is C=CCc1cc(C[C]2C=C(CC)C3OCN(c4ccccc4)CC3=C2)cc2c1OCN(c1ccccc1)C2.CCC. The van der Waals surface area contributed by atoms with Gasteiger partial charge in [0.2, 0.25) is 0 Å². The molecule has 1 saturated heterocycles. The van der Waals surface area contributed by atoms with Gasteiger partial charge in [-0.15, -0.1) is 6.58 Å². The Morgan fingerprint density at radius 3 is 2.15 bits per heavy atom. The molecule has 4 heteroatoms. The van der Waals surface area contributed by atoms with Crippen LogP contribution in [-0.2, 0) is 24.1 Å². The number of hydrogen-bond donors (Lipinski definition) is 0. The van der Waals surface area contributed by atoms with Gasteiger partial charge in [-0.05, 0) is 65.8 Å². The smallest absolute Gasteiger partial charge is 0.161 e. The normalized spacial score (nSPS) is 18.2. The minimum Gasteiger partial charge on any atom is -0.472 e.